The van der Waals surface area contributed by atoms with Gasteiger partial charge in [-0.25, -0.2) is 8.42 Å². The highest BCUT2D eigenvalue weighted by Crippen LogP contribution is 2.22. The van der Waals surface area contributed by atoms with Gasteiger partial charge >= 0.3 is 0 Å². The van der Waals surface area contributed by atoms with Crippen LogP contribution in [0.15, 0.2) is 88.7 Å². The van der Waals surface area contributed by atoms with Crippen LogP contribution in [0.2, 0.25) is 5.02 Å². The van der Waals surface area contributed by atoms with Crippen molar-refractivity contribution in [3.05, 3.63) is 105 Å². The number of rotatable bonds is 6. The van der Waals surface area contributed by atoms with Crippen molar-refractivity contribution < 1.29 is 13.5 Å². The van der Waals surface area contributed by atoms with Crippen molar-refractivity contribution in [2.24, 2.45) is 0 Å². The third kappa shape index (κ3) is 4.42. The molecule has 4 aromatic rings. The first-order chi connectivity index (χ1) is 14.9. The van der Waals surface area contributed by atoms with Crippen molar-refractivity contribution in [1.29, 1.82) is 0 Å². The summed E-state index contributed by atoms with van der Waals surface area (Å²) in [4.78, 5) is 13.3. The second kappa shape index (κ2) is 8.67. The number of halogens is 1. The van der Waals surface area contributed by atoms with Gasteiger partial charge in [0.25, 0.3) is 0 Å². The molecule has 3 aromatic carbocycles. The zero-order chi connectivity index (χ0) is 22.0. The van der Waals surface area contributed by atoms with Crippen molar-refractivity contribution in [2.45, 2.75) is 11.3 Å². The zero-order valence-electron chi connectivity index (χ0n) is 16.5. The molecule has 158 valence electrons. The summed E-state index contributed by atoms with van der Waals surface area (Å²) in [6, 6.07) is 21.3. The molecule has 1 N–H and O–H groups in total. The van der Waals surface area contributed by atoms with E-state index in [0.29, 0.717) is 22.4 Å². The second-order valence-electron chi connectivity index (χ2n) is 7.21. The number of hydrogen-bond donors (Lipinski definition) is 1. The van der Waals surface area contributed by atoms with Crippen LogP contribution in [0.1, 0.15) is 11.1 Å². The summed E-state index contributed by atoms with van der Waals surface area (Å²) >= 11 is 6.19. The van der Waals surface area contributed by atoms with Gasteiger partial charge in [-0.3, -0.25) is 4.79 Å². The Balaban J connectivity index is 1.79. The molecule has 0 radical (unpaired) electrons. The highest BCUT2D eigenvalue weighted by atomic mass is 35.5. The lowest BCUT2D eigenvalue weighted by Crippen LogP contribution is -2.15. The number of pyridine rings is 1. The Morgan fingerprint density at radius 3 is 2.32 bits per heavy atom. The molecule has 0 spiro atoms. The average Bonchev–Trinajstić information content (AvgIpc) is 2.76. The van der Waals surface area contributed by atoms with Crippen molar-refractivity contribution >= 4 is 32.3 Å². The van der Waals surface area contributed by atoms with Gasteiger partial charge in [0, 0.05) is 34.3 Å². The minimum Gasteiger partial charge on any atom is -0.395 e. The number of aliphatic hydroxyl groups is 1. The Hall–Kier alpha value is -2.93. The molecule has 4 rings (SSSR count). The minimum atomic E-state index is -3.51. The number of fused-ring (bicyclic) bond motifs is 1. The van der Waals surface area contributed by atoms with E-state index >= 15 is 0 Å². The monoisotopic (exact) mass is 453 g/mol. The summed E-state index contributed by atoms with van der Waals surface area (Å²) in [6.45, 7) is -0.426. The van der Waals surface area contributed by atoms with Crippen LogP contribution in [0, 0.1) is 0 Å². The molecule has 1 aromatic heterocycles. The maximum absolute atomic E-state index is 13.2. The van der Waals surface area contributed by atoms with Crippen LogP contribution >= 0.6 is 11.6 Å². The van der Waals surface area contributed by atoms with E-state index in [2.05, 4.69) is 0 Å². The van der Waals surface area contributed by atoms with Crippen LogP contribution in [0.4, 0.5) is 0 Å². The van der Waals surface area contributed by atoms with Crippen molar-refractivity contribution in [2.75, 3.05) is 12.4 Å². The topological polar surface area (TPSA) is 76.4 Å². The lowest BCUT2D eigenvalue weighted by molar-refractivity contribution is 0.319. The summed E-state index contributed by atoms with van der Waals surface area (Å²) in [7, 11) is -3.51. The van der Waals surface area contributed by atoms with Crippen LogP contribution in [0.3, 0.4) is 0 Å². The molecule has 0 aliphatic rings. The Labute approximate surface area is 185 Å². The standard InChI is InChI=1S/C24H20ClNO4S/c25-19-8-11-22-23(15-19)26(20-4-2-1-3-5-20)16-18(24(22)28)14-17-6-9-21(10-7-17)31(29,30)13-12-27/h1-11,15-16,27H,12-14H2. The zero-order valence-corrected chi connectivity index (χ0v) is 18.1. The maximum atomic E-state index is 13.2. The van der Waals surface area contributed by atoms with Crippen LogP contribution in [-0.4, -0.2) is 30.5 Å². The van der Waals surface area contributed by atoms with E-state index in [0.717, 1.165) is 16.8 Å². The van der Waals surface area contributed by atoms with E-state index in [-0.39, 0.29) is 16.1 Å². The summed E-state index contributed by atoms with van der Waals surface area (Å²) in [6.07, 6.45) is 2.16. The highest BCUT2D eigenvalue weighted by Gasteiger charge is 2.15. The fourth-order valence-corrected chi connectivity index (χ4v) is 4.75. The van der Waals surface area contributed by atoms with E-state index in [1.807, 2.05) is 41.1 Å². The number of para-hydroxylation sites is 1. The van der Waals surface area contributed by atoms with Crippen molar-refractivity contribution in [1.82, 2.24) is 4.57 Å². The average molecular weight is 454 g/mol. The van der Waals surface area contributed by atoms with Gasteiger partial charge in [-0.2, -0.15) is 0 Å². The fraction of sp³-hybridized carbons (Fsp3) is 0.125. The predicted octanol–water partition coefficient (Wildman–Crippen LogP) is 4.00. The lowest BCUT2D eigenvalue weighted by Gasteiger charge is -2.14. The van der Waals surface area contributed by atoms with Crippen LogP contribution in [0.25, 0.3) is 16.6 Å². The molecular formula is C24H20ClNO4S. The van der Waals surface area contributed by atoms with E-state index in [1.165, 1.54) is 12.1 Å². The third-order valence-electron chi connectivity index (χ3n) is 5.11. The molecule has 31 heavy (non-hydrogen) atoms. The molecule has 0 saturated carbocycles. The molecule has 0 fully saturated rings. The first kappa shape index (κ1) is 21.3. The Bertz CT molecular complexity index is 1400. The van der Waals surface area contributed by atoms with Crippen LogP contribution in [-0.2, 0) is 16.3 Å². The van der Waals surface area contributed by atoms with E-state index in [4.69, 9.17) is 16.7 Å². The molecule has 0 aliphatic heterocycles. The van der Waals surface area contributed by atoms with Gasteiger partial charge in [0.05, 0.1) is 22.8 Å². The molecule has 0 unspecified atom stereocenters. The van der Waals surface area contributed by atoms with Gasteiger partial charge in [0.2, 0.25) is 0 Å². The Kier molecular flexibility index (Phi) is 5.96. The number of aromatic nitrogens is 1. The first-order valence-electron chi connectivity index (χ1n) is 9.71. The third-order valence-corrected chi connectivity index (χ3v) is 7.06. The van der Waals surface area contributed by atoms with Gasteiger partial charge in [-0.05, 0) is 48.0 Å². The molecule has 0 aliphatic carbocycles. The quantitative estimate of drug-likeness (QED) is 0.478. The minimum absolute atomic E-state index is 0.0872. The molecular weight excluding hydrogens is 434 g/mol. The SMILES string of the molecule is O=c1c(Cc2ccc(S(=O)(=O)CCO)cc2)cn(-c2ccccc2)c2cc(Cl)ccc12. The summed E-state index contributed by atoms with van der Waals surface area (Å²) < 4.78 is 26.2. The largest absolute Gasteiger partial charge is 0.395 e. The summed E-state index contributed by atoms with van der Waals surface area (Å²) in [5.74, 6) is -0.318. The van der Waals surface area contributed by atoms with E-state index < -0.39 is 16.4 Å². The number of nitrogens with zero attached hydrogens (tertiary/aromatic N) is 1. The lowest BCUT2D eigenvalue weighted by atomic mass is 10.0. The van der Waals surface area contributed by atoms with Gasteiger partial charge in [-0.1, -0.05) is 41.9 Å². The van der Waals surface area contributed by atoms with Gasteiger partial charge in [0.15, 0.2) is 15.3 Å². The molecule has 1 heterocycles. The number of hydrogen-bond acceptors (Lipinski definition) is 4. The summed E-state index contributed by atoms with van der Waals surface area (Å²) in [5, 5.41) is 10.1. The predicted molar refractivity (Wildman–Crippen MR) is 123 cm³/mol. The maximum Gasteiger partial charge on any atom is 0.192 e. The van der Waals surface area contributed by atoms with Crippen LogP contribution < -0.4 is 5.43 Å². The number of sulfone groups is 1. The Morgan fingerprint density at radius 1 is 0.935 bits per heavy atom. The summed E-state index contributed by atoms with van der Waals surface area (Å²) in [5.41, 5.74) is 2.94. The van der Waals surface area contributed by atoms with Gasteiger partial charge in [0.1, 0.15) is 0 Å². The molecule has 7 heteroatoms. The normalized spacial score (nSPS) is 11.7. The molecule has 0 amide bonds. The van der Waals surface area contributed by atoms with Crippen LogP contribution in [0.5, 0.6) is 0 Å². The van der Waals surface area contributed by atoms with E-state index in [1.54, 1.807) is 30.3 Å². The molecule has 5 nitrogen and oxygen atoms in total. The van der Waals surface area contributed by atoms with Crippen molar-refractivity contribution in [3.63, 3.8) is 0 Å². The molecule has 0 atom stereocenters. The fourth-order valence-electron chi connectivity index (χ4n) is 3.55. The highest BCUT2D eigenvalue weighted by molar-refractivity contribution is 7.91. The second-order valence-corrected chi connectivity index (χ2v) is 9.76. The first-order valence-corrected chi connectivity index (χ1v) is 11.7. The molecule has 0 bridgehead atoms. The van der Waals surface area contributed by atoms with Gasteiger partial charge in [-0.15, -0.1) is 0 Å². The molecule has 0 saturated heterocycles. The smallest absolute Gasteiger partial charge is 0.192 e. The van der Waals surface area contributed by atoms with Crippen molar-refractivity contribution in [3.8, 4) is 5.69 Å². The Morgan fingerprint density at radius 2 is 1.65 bits per heavy atom. The van der Waals surface area contributed by atoms with Gasteiger partial charge < -0.3 is 9.67 Å². The number of aliphatic hydroxyl groups excluding tert-OH is 1. The van der Waals surface area contributed by atoms with E-state index in [9.17, 15) is 13.2 Å². The number of benzene rings is 3.